The number of carbonyl (C=O) groups is 2. The zero-order chi connectivity index (χ0) is 15.3. The van der Waals surface area contributed by atoms with E-state index in [4.69, 9.17) is 4.74 Å². The summed E-state index contributed by atoms with van der Waals surface area (Å²) in [7, 11) is 0. The summed E-state index contributed by atoms with van der Waals surface area (Å²) >= 11 is 0. The fraction of sp³-hybridized carbons (Fsp3) is 0.875. The monoisotopic (exact) mass is 283 g/mol. The molecule has 1 atom stereocenters. The number of amides is 1. The highest BCUT2D eigenvalue weighted by atomic mass is 16.6. The quantitative estimate of drug-likeness (QED) is 0.729. The van der Waals surface area contributed by atoms with Crippen molar-refractivity contribution >= 4 is 11.9 Å². The molecule has 20 heavy (non-hydrogen) atoms. The molecule has 1 fully saturated rings. The largest absolute Gasteiger partial charge is 0.460 e. The third-order valence-electron chi connectivity index (χ3n) is 3.36. The van der Waals surface area contributed by atoms with Crippen LogP contribution in [0.5, 0.6) is 0 Å². The van der Waals surface area contributed by atoms with Crippen LogP contribution in [0.1, 0.15) is 60.3 Å². The minimum atomic E-state index is -0.490. The van der Waals surface area contributed by atoms with Gasteiger partial charge in [0, 0.05) is 19.0 Å². The lowest BCUT2D eigenvalue weighted by atomic mass is 9.92. The molecule has 0 N–H and O–H groups in total. The first-order valence-electron chi connectivity index (χ1n) is 7.69. The average molecular weight is 283 g/mol. The second kappa shape index (κ2) is 7.09. The highest BCUT2D eigenvalue weighted by Crippen LogP contribution is 2.22. The van der Waals surface area contributed by atoms with Crippen LogP contribution in [-0.4, -0.2) is 35.5 Å². The summed E-state index contributed by atoms with van der Waals surface area (Å²) in [5.41, 5.74) is -0.490. The summed E-state index contributed by atoms with van der Waals surface area (Å²) in [6, 6.07) is 0. The molecular formula is C16H29NO3. The van der Waals surface area contributed by atoms with E-state index in [0.29, 0.717) is 5.92 Å². The predicted molar refractivity (Wildman–Crippen MR) is 79.2 cm³/mol. The molecule has 0 bridgehead atoms. The van der Waals surface area contributed by atoms with Gasteiger partial charge in [-0.1, -0.05) is 13.8 Å². The molecule has 0 saturated carbocycles. The molecule has 0 aliphatic carbocycles. The topological polar surface area (TPSA) is 46.6 Å². The molecule has 4 nitrogen and oxygen atoms in total. The maximum absolute atomic E-state index is 12.5. The van der Waals surface area contributed by atoms with Gasteiger partial charge in [-0.25, -0.2) is 0 Å². The van der Waals surface area contributed by atoms with E-state index in [2.05, 4.69) is 13.8 Å². The lowest BCUT2D eigenvalue weighted by Gasteiger charge is -2.26. The molecule has 4 heteroatoms. The van der Waals surface area contributed by atoms with Crippen molar-refractivity contribution in [2.75, 3.05) is 13.1 Å². The number of ether oxygens (including phenoxy) is 1. The number of hydrogen-bond donors (Lipinski definition) is 0. The fourth-order valence-electron chi connectivity index (χ4n) is 2.62. The Morgan fingerprint density at radius 1 is 1.15 bits per heavy atom. The van der Waals surface area contributed by atoms with Gasteiger partial charge in [0.05, 0.1) is 6.42 Å². The van der Waals surface area contributed by atoms with Crippen LogP contribution in [-0.2, 0) is 14.3 Å². The third kappa shape index (κ3) is 5.93. The van der Waals surface area contributed by atoms with E-state index in [-0.39, 0.29) is 24.2 Å². The molecule has 0 spiro atoms. The molecule has 116 valence electrons. The zero-order valence-corrected chi connectivity index (χ0v) is 13.6. The van der Waals surface area contributed by atoms with Gasteiger partial charge in [-0.3, -0.25) is 9.59 Å². The van der Waals surface area contributed by atoms with Gasteiger partial charge in [0.2, 0.25) is 5.91 Å². The molecule has 1 amide bonds. The summed E-state index contributed by atoms with van der Waals surface area (Å²) in [4.78, 5) is 26.4. The highest BCUT2D eigenvalue weighted by molar-refractivity contribution is 5.84. The standard InChI is InChI=1S/C16H29NO3/c1-12(2)10-13(11-14(18)20-16(3,4)5)15(19)17-8-6-7-9-17/h12-13H,6-11H2,1-5H3/t13-/m1/s1. The molecule has 1 aliphatic rings. The van der Waals surface area contributed by atoms with Crippen molar-refractivity contribution < 1.29 is 14.3 Å². The van der Waals surface area contributed by atoms with Crippen LogP contribution in [0.15, 0.2) is 0 Å². The minimum Gasteiger partial charge on any atom is -0.460 e. The van der Waals surface area contributed by atoms with Crippen LogP contribution in [0.2, 0.25) is 0 Å². The van der Waals surface area contributed by atoms with Gasteiger partial charge in [0.25, 0.3) is 0 Å². The Balaban J connectivity index is 2.63. The van der Waals surface area contributed by atoms with E-state index >= 15 is 0 Å². The lowest BCUT2D eigenvalue weighted by molar-refractivity contribution is -0.158. The maximum atomic E-state index is 12.5. The van der Waals surface area contributed by atoms with Crippen LogP contribution >= 0.6 is 0 Å². The smallest absolute Gasteiger partial charge is 0.307 e. The summed E-state index contributed by atoms with van der Waals surface area (Å²) in [5, 5.41) is 0. The Bertz CT molecular complexity index is 338. The zero-order valence-electron chi connectivity index (χ0n) is 13.6. The number of rotatable bonds is 5. The molecule has 0 aromatic carbocycles. The van der Waals surface area contributed by atoms with Crippen molar-refractivity contribution in [3.8, 4) is 0 Å². The van der Waals surface area contributed by atoms with E-state index in [0.717, 1.165) is 32.4 Å². The molecule has 0 aromatic heterocycles. The van der Waals surface area contributed by atoms with Crippen molar-refractivity contribution in [3.63, 3.8) is 0 Å². The second-order valence-corrected chi connectivity index (χ2v) is 7.15. The molecular weight excluding hydrogens is 254 g/mol. The number of carbonyl (C=O) groups excluding carboxylic acids is 2. The van der Waals surface area contributed by atoms with Crippen LogP contribution in [0, 0.1) is 11.8 Å². The maximum Gasteiger partial charge on any atom is 0.307 e. The third-order valence-corrected chi connectivity index (χ3v) is 3.36. The first-order chi connectivity index (χ1) is 9.19. The lowest BCUT2D eigenvalue weighted by Crippen LogP contribution is -2.36. The van der Waals surface area contributed by atoms with E-state index in [9.17, 15) is 9.59 Å². The SMILES string of the molecule is CC(C)C[C@H](CC(=O)OC(C)(C)C)C(=O)N1CCCC1. The molecule has 0 radical (unpaired) electrons. The van der Waals surface area contributed by atoms with Gasteiger partial charge in [0.15, 0.2) is 0 Å². The van der Waals surface area contributed by atoms with Crippen LogP contribution in [0.4, 0.5) is 0 Å². The van der Waals surface area contributed by atoms with Gasteiger partial charge >= 0.3 is 5.97 Å². The molecule has 1 aliphatic heterocycles. The van der Waals surface area contributed by atoms with Crippen LogP contribution < -0.4 is 0 Å². The number of esters is 1. The molecule has 1 rings (SSSR count). The normalized spacial score (nSPS) is 17.4. The van der Waals surface area contributed by atoms with Crippen molar-refractivity contribution in [2.24, 2.45) is 11.8 Å². The van der Waals surface area contributed by atoms with E-state index in [1.54, 1.807) is 0 Å². The van der Waals surface area contributed by atoms with E-state index in [1.165, 1.54) is 0 Å². The summed E-state index contributed by atoms with van der Waals surface area (Å²) in [6.45, 7) is 11.4. The summed E-state index contributed by atoms with van der Waals surface area (Å²) in [5.74, 6) is 0.0229. The predicted octanol–water partition coefficient (Wildman–Crippen LogP) is 3.00. The molecule has 1 heterocycles. The average Bonchev–Trinajstić information content (AvgIpc) is 2.76. The number of nitrogens with zero attached hydrogens (tertiary/aromatic N) is 1. The van der Waals surface area contributed by atoms with Gasteiger partial charge < -0.3 is 9.64 Å². The fourth-order valence-corrected chi connectivity index (χ4v) is 2.62. The van der Waals surface area contributed by atoms with Crippen molar-refractivity contribution in [2.45, 2.75) is 65.9 Å². The summed E-state index contributed by atoms with van der Waals surface area (Å²) in [6.07, 6.45) is 3.10. The second-order valence-electron chi connectivity index (χ2n) is 7.15. The van der Waals surface area contributed by atoms with Crippen molar-refractivity contribution in [1.29, 1.82) is 0 Å². The van der Waals surface area contributed by atoms with Gasteiger partial charge in [0.1, 0.15) is 5.60 Å². The van der Waals surface area contributed by atoms with E-state index in [1.807, 2.05) is 25.7 Å². The van der Waals surface area contributed by atoms with E-state index < -0.39 is 5.60 Å². The Morgan fingerprint density at radius 3 is 2.15 bits per heavy atom. The molecule has 1 saturated heterocycles. The Kier molecular flexibility index (Phi) is 6.03. The van der Waals surface area contributed by atoms with Crippen LogP contribution in [0.25, 0.3) is 0 Å². The Hall–Kier alpha value is -1.06. The van der Waals surface area contributed by atoms with Crippen molar-refractivity contribution in [3.05, 3.63) is 0 Å². The first-order valence-corrected chi connectivity index (χ1v) is 7.69. The van der Waals surface area contributed by atoms with Crippen molar-refractivity contribution in [1.82, 2.24) is 4.90 Å². The molecule has 0 aromatic rings. The highest BCUT2D eigenvalue weighted by Gasteiger charge is 2.30. The van der Waals surface area contributed by atoms with Gasteiger partial charge in [-0.05, 0) is 46.0 Å². The minimum absolute atomic E-state index is 0.127. The van der Waals surface area contributed by atoms with Gasteiger partial charge in [-0.2, -0.15) is 0 Å². The summed E-state index contributed by atoms with van der Waals surface area (Å²) < 4.78 is 5.35. The van der Waals surface area contributed by atoms with Gasteiger partial charge in [-0.15, -0.1) is 0 Å². The molecule has 0 unspecified atom stereocenters. The first kappa shape index (κ1) is 17.0. The Morgan fingerprint density at radius 2 is 1.70 bits per heavy atom. The number of hydrogen-bond acceptors (Lipinski definition) is 3. The Labute approximate surface area is 122 Å². The number of likely N-dealkylation sites (tertiary alicyclic amines) is 1. The van der Waals surface area contributed by atoms with Crippen LogP contribution in [0.3, 0.4) is 0 Å².